The molecule has 0 saturated carbocycles. The summed E-state index contributed by atoms with van der Waals surface area (Å²) in [5.41, 5.74) is 1.08. The fourth-order valence-electron chi connectivity index (χ4n) is 1.87. The zero-order valence-corrected chi connectivity index (χ0v) is 12.9. The number of hydrogen-bond acceptors (Lipinski definition) is 4. The summed E-state index contributed by atoms with van der Waals surface area (Å²) in [6, 6.07) is 7.51. The number of para-hydroxylation sites is 2. The zero-order chi connectivity index (χ0) is 14.9. The van der Waals surface area contributed by atoms with Gasteiger partial charge in [0, 0.05) is 7.05 Å². The number of ether oxygens (including phenoxy) is 1. The van der Waals surface area contributed by atoms with Crippen LogP contribution in [0.4, 0.5) is 0 Å². The van der Waals surface area contributed by atoms with Crippen LogP contribution in [0.5, 0.6) is 0 Å². The molecule has 0 fully saturated rings. The summed E-state index contributed by atoms with van der Waals surface area (Å²) in [4.78, 5) is 16.0. The summed E-state index contributed by atoms with van der Waals surface area (Å²) in [5.74, 6) is -0.670. The average Bonchev–Trinajstić information content (AvgIpc) is 2.65. The maximum absolute atomic E-state index is 12.3. The Bertz CT molecular complexity index is 671. The maximum atomic E-state index is 12.3. The molecule has 5 nitrogen and oxygen atoms in total. The molecule has 2 aromatic rings. The van der Waals surface area contributed by atoms with Crippen molar-refractivity contribution in [1.29, 1.82) is 0 Å². The number of carbonyl (C=O) groups excluding carboxylic acids is 1. The van der Waals surface area contributed by atoms with Crippen LogP contribution in [0.2, 0.25) is 0 Å². The third-order valence-electron chi connectivity index (χ3n) is 2.62. The highest BCUT2D eigenvalue weighted by molar-refractivity contribution is 7.85. The van der Waals surface area contributed by atoms with Crippen LogP contribution < -0.4 is 0 Å². The predicted molar refractivity (Wildman–Crippen MR) is 77.8 cm³/mol. The van der Waals surface area contributed by atoms with Crippen LogP contribution in [0.25, 0.3) is 11.0 Å². The molecule has 1 aromatic carbocycles. The first-order valence-electron chi connectivity index (χ1n) is 6.29. The van der Waals surface area contributed by atoms with Gasteiger partial charge in [0.15, 0.2) is 5.16 Å². The molecule has 0 bridgehead atoms. The van der Waals surface area contributed by atoms with E-state index in [9.17, 15) is 9.00 Å². The molecular formula is C14H18N2O3S. The zero-order valence-electron chi connectivity index (χ0n) is 12.0. The summed E-state index contributed by atoms with van der Waals surface area (Å²) < 4.78 is 19.2. The van der Waals surface area contributed by atoms with Crippen molar-refractivity contribution < 1.29 is 13.7 Å². The van der Waals surface area contributed by atoms with Gasteiger partial charge in [-0.1, -0.05) is 12.1 Å². The van der Waals surface area contributed by atoms with Gasteiger partial charge in [0.25, 0.3) is 0 Å². The Balaban J connectivity index is 2.20. The molecule has 0 radical (unpaired) electrons. The molecule has 0 amide bonds. The van der Waals surface area contributed by atoms with Crippen LogP contribution in [-0.2, 0) is 27.4 Å². The second-order valence-electron chi connectivity index (χ2n) is 5.52. The normalized spacial score (nSPS) is 13.4. The molecule has 0 saturated heterocycles. The SMILES string of the molecule is Cn1c([S@@](=O)CC(=O)OC(C)(C)C)nc2ccccc21. The molecule has 0 spiro atoms. The Morgan fingerprint density at radius 1 is 1.35 bits per heavy atom. The van der Waals surface area contributed by atoms with Crippen LogP contribution in [0, 0.1) is 0 Å². The summed E-state index contributed by atoms with van der Waals surface area (Å²) in [5, 5.41) is 0.386. The summed E-state index contributed by atoms with van der Waals surface area (Å²) in [7, 11) is 0.274. The van der Waals surface area contributed by atoms with Crippen molar-refractivity contribution >= 4 is 27.8 Å². The first kappa shape index (κ1) is 14.7. The highest BCUT2D eigenvalue weighted by Crippen LogP contribution is 2.17. The van der Waals surface area contributed by atoms with E-state index >= 15 is 0 Å². The minimum Gasteiger partial charge on any atom is -0.459 e. The third kappa shape index (κ3) is 3.25. The smallest absolute Gasteiger partial charge is 0.319 e. The van der Waals surface area contributed by atoms with Gasteiger partial charge in [-0.3, -0.25) is 9.00 Å². The number of carbonyl (C=O) groups is 1. The number of imidazole rings is 1. The van der Waals surface area contributed by atoms with Gasteiger partial charge >= 0.3 is 5.97 Å². The number of hydrogen-bond donors (Lipinski definition) is 0. The Morgan fingerprint density at radius 2 is 2.00 bits per heavy atom. The number of rotatable bonds is 3. The Morgan fingerprint density at radius 3 is 2.60 bits per heavy atom. The lowest BCUT2D eigenvalue weighted by atomic mass is 10.2. The summed E-state index contributed by atoms with van der Waals surface area (Å²) in [6.07, 6.45) is 0. The van der Waals surface area contributed by atoms with E-state index in [1.807, 2.05) is 24.3 Å². The number of nitrogens with zero attached hydrogens (tertiary/aromatic N) is 2. The number of aromatic nitrogens is 2. The lowest BCUT2D eigenvalue weighted by Crippen LogP contribution is -2.27. The second kappa shape index (κ2) is 5.36. The van der Waals surface area contributed by atoms with E-state index in [1.165, 1.54) is 0 Å². The first-order chi connectivity index (χ1) is 9.28. The largest absolute Gasteiger partial charge is 0.459 e. The molecule has 0 N–H and O–H groups in total. The molecular weight excluding hydrogens is 276 g/mol. The van der Waals surface area contributed by atoms with Crippen LogP contribution in [0.1, 0.15) is 20.8 Å². The molecule has 0 aliphatic heterocycles. The van der Waals surface area contributed by atoms with E-state index in [-0.39, 0.29) is 5.75 Å². The standard InChI is InChI=1S/C14H18N2O3S/c1-14(2,3)19-12(17)9-20(18)13-15-10-7-5-6-8-11(10)16(13)4/h5-8H,9H2,1-4H3/t20-/m0/s1. The minimum absolute atomic E-state index is 0.186. The van der Waals surface area contributed by atoms with Gasteiger partial charge in [-0.2, -0.15) is 0 Å². The van der Waals surface area contributed by atoms with E-state index in [4.69, 9.17) is 4.74 Å². The first-order valence-corrected chi connectivity index (χ1v) is 7.61. The van der Waals surface area contributed by atoms with E-state index in [0.29, 0.717) is 5.16 Å². The Hall–Kier alpha value is -1.69. The van der Waals surface area contributed by atoms with Crippen LogP contribution in [0.15, 0.2) is 29.4 Å². The van der Waals surface area contributed by atoms with Gasteiger partial charge in [0.2, 0.25) is 0 Å². The topological polar surface area (TPSA) is 61.2 Å². The monoisotopic (exact) mass is 294 g/mol. The lowest BCUT2D eigenvalue weighted by Gasteiger charge is -2.19. The van der Waals surface area contributed by atoms with Crippen molar-refractivity contribution in [1.82, 2.24) is 9.55 Å². The quantitative estimate of drug-likeness (QED) is 0.813. The molecule has 0 aliphatic rings. The fraction of sp³-hybridized carbons (Fsp3) is 0.429. The molecule has 1 heterocycles. The van der Waals surface area contributed by atoms with Gasteiger partial charge in [0.05, 0.1) is 11.0 Å². The predicted octanol–water partition coefficient (Wildman–Crippen LogP) is 2.02. The molecule has 6 heteroatoms. The van der Waals surface area contributed by atoms with Crippen LogP contribution in [-0.4, -0.2) is 31.1 Å². The van der Waals surface area contributed by atoms with Gasteiger partial charge in [0.1, 0.15) is 22.2 Å². The van der Waals surface area contributed by atoms with E-state index in [1.54, 1.807) is 32.4 Å². The van der Waals surface area contributed by atoms with Gasteiger partial charge < -0.3 is 9.30 Å². The van der Waals surface area contributed by atoms with Crippen molar-refractivity contribution in [2.45, 2.75) is 31.5 Å². The van der Waals surface area contributed by atoms with Crippen molar-refractivity contribution in [2.75, 3.05) is 5.75 Å². The fourth-order valence-corrected chi connectivity index (χ4v) is 2.88. The maximum Gasteiger partial charge on any atom is 0.319 e. The van der Waals surface area contributed by atoms with Crippen molar-refractivity contribution in [3.8, 4) is 0 Å². The minimum atomic E-state index is -1.52. The number of esters is 1. The number of fused-ring (bicyclic) bond motifs is 1. The molecule has 20 heavy (non-hydrogen) atoms. The highest BCUT2D eigenvalue weighted by Gasteiger charge is 2.21. The van der Waals surface area contributed by atoms with Gasteiger partial charge in [-0.25, -0.2) is 4.98 Å². The molecule has 1 aromatic heterocycles. The molecule has 2 rings (SSSR count). The molecule has 0 aliphatic carbocycles. The van der Waals surface area contributed by atoms with Crippen molar-refractivity contribution in [3.63, 3.8) is 0 Å². The van der Waals surface area contributed by atoms with E-state index in [0.717, 1.165) is 11.0 Å². The van der Waals surface area contributed by atoms with Crippen molar-refractivity contribution in [3.05, 3.63) is 24.3 Å². The Kier molecular flexibility index (Phi) is 3.94. The van der Waals surface area contributed by atoms with E-state index < -0.39 is 22.4 Å². The Labute approximate surface area is 120 Å². The number of benzene rings is 1. The lowest BCUT2D eigenvalue weighted by molar-refractivity contribution is -0.151. The second-order valence-corrected chi connectivity index (χ2v) is 6.86. The summed E-state index contributed by atoms with van der Waals surface area (Å²) >= 11 is 0. The average molecular weight is 294 g/mol. The summed E-state index contributed by atoms with van der Waals surface area (Å²) in [6.45, 7) is 5.34. The van der Waals surface area contributed by atoms with E-state index in [2.05, 4.69) is 4.98 Å². The number of aryl methyl sites for hydroxylation is 1. The molecule has 108 valence electrons. The van der Waals surface area contributed by atoms with Crippen molar-refractivity contribution in [2.24, 2.45) is 7.05 Å². The molecule has 0 unspecified atom stereocenters. The van der Waals surface area contributed by atoms with Crippen LogP contribution >= 0.6 is 0 Å². The van der Waals surface area contributed by atoms with Gasteiger partial charge in [-0.05, 0) is 32.9 Å². The highest BCUT2D eigenvalue weighted by atomic mass is 32.2. The van der Waals surface area contributed by atoms with Crippen LogP contribution in [0.3, 0.4) is 0 Å². The van der Waals surface area contributed by atoms with Gasteiger partial charge in [-0.15, -0.1) is 0 Å². The molecule has 1 atom stereocenters. The third-order valence-corrected chi connectivity index (χ3v) is 3.89.